The van der Waals surface area contributed by atoms with E-state index in [0.29, 0.717) is 32.6 Å². The highest BCUT2D eigenvalue weighted by Crippen LogP contribution is 2.21. The molecular weight excluding hydrogens is 284 g/mol. The van der Waals surface area contributed by atoms with E-state index in [1.807, 2.05) is 4.90 Å². The maximum atomic E-state index is 12.2. The van der Waals surface area contributed by atoms with E-state index in [1.54, 1.807) is 11.8 Å². The van der Waals surface area contributed by atoms with Crippen molar-refractivity contribution in [3.63, 3.8) is 0 Å². The fourth-order valence-electron chi connectivity index (χ4n) is 2.73. The Morgan fingerprint density at radius 3 is 2.25 bits per heavy atom. The highest BCUT2D eigenvalue weighted by Gasteiger charge is 2.36. The van der Waals surface area contributed by atoms with Gasteiger partial charge in [-0.15, -0.1) is 0 Å². The normalized spacial score (nSPS) is 28.2. The topological polar surface area (TPSA) is 95.0 Å². The molecule has 2 aliphatic heterocycles. The van der Waals surface area contributed by atoms with Crippen LogP contribution in [0.15, 0.2) is 0 Å². The van der Waals surface area contributed by atoms with Crippen molar-refractivity contribution in [2.24, 2.45) is 5.92 Å². The molecule has 0 aliphatic carbocycles. The molecule has 0 bridgehead atoms. The monoisotopic (exact) mass is 304 g/mol. The van der Waals surface area contributed by atoms with Crippen molar-refractivity contribution >= 4 is 21.7 Å². The smallest absolute Gasteiger partial charge is 0.320 e. The molecule has 7 nitrogen and oxygen atoms in total. The number of aliphatic carboxylic acids is 1. The summed E-state index contributed by atoms with van der Waals surface area (Å²) in [6.45, 7) is 3.58. The van der Waals surface area contributed by atoms with Crippen molar-refractivity contribution in [2.75, 3.05) is 37.7 Å². The largest absolute Gasteiger partial charge is 0.480 e. The van der Waals surface area contributed by atoms with Crippen LogP contribution in [0, 0.1) is 5.92 Å². The second kappa shape index (κ2) is 5.69. The molecule has 1 amide bonds. The van der Waals surface area contributed by atoms with E-state index in [0.717, 1.165) is 0 Å². The maximum Gasteiger partial charge on any atom is 0.320 e. The van der Waals surface area contributed by atoms with Crippen LogP contribution in [0.4, 0.5) is 0 Å². The third kappa shape index (κ3) is 3.29. The zero-order valence-electron chi connectivity index (χ0n) is 11.5. The zero-order valence-corrected chi connectivity index (χ0v) is 12.3. The minimum Gasteiger partial charge on any atom is -0.480 e. The van der Waals surface area contributed by atoms with Crippen LogP contribution in [-0.4, -0.2) is 78.9 Å². The number of carboxylic acids is 1. The first kappa shape index (κ1) is 15.2. The van der Waals surface area contributed by atoms with Crippen LogP contribution >= 0.6 is 0 Å². The van der Waals surface area contributed by atoms with Crippen molar-refractivity contribution in [2.45, 2.75) is 19.4 Å². The summed E-state index contributed by atoms with van der Waals surface area (Å²) in [5.74, 6) is -1.33. The third-order valence-corrected chi connectivity index (χ3v) is 5.88. The fraction of sp³-hybridized carbons (Fsp3) is 0.833. The average molecular weight is 304 g/mol. The molecule has 2 heterocycles. The molecule has 0 aromatic rings. The van der Waals surface area contributed by atoms with Crippen LogP contribution in [0.5, 0.6) is 0 Å². The summed E-state index contributed by atoms with van der Waals surface area (Å²) in [5.41, 5.74) is 0. The summed E-state index contributed by atoms with van der Waals surface area (Å²) in [4.78, 5) is 26.6. The first-order chi connectivity index (χ1) is 9.30. The van der Waals surface area contributed by atoms with E-state index in [4.69, 9.17) is 5.11 Å². The first-order valence-corrected chi connectivity index (χ1v) is 8.58. The van der Waals surface area contributed by atoms with Gasteiger partial charge >= 0.3 is 5.97 Å². The van der Waals surface area contributed by atoms with E-state index in [9.17, 15) is 18.0 Å². The van der Waals surface area contributed by atoms with E-state index < -0.39 is 27.8 Å². The van der Waals surface area contributed by atoms with E-state index in [2.05, 4.69) is 0 Å². The maximum absolute atomic E-state index is 12.2. The third-order valence-electron chi connectivity index (χ3n) is 4.11. The Kier molecular flexibility index (Phi) is 4.33. The predicted octanol–water partition coefficient (Wildman–Crippen LogP) is -0.962. The molecule has 114 valence electrons. The summed E-state index contributed by atoms with van der Waals surface area (Å²) in [6.07, 6.45) is 0.410. The second-order valence-corrected chi connectivity index (χ2v) is 7.70. The Morgan fingerprint density at radius 1 is 1.20 bits per heavy atom. The standard InChI is InChI=1S/C12H20N2O5S/c1-9(12(16)17)13-3-5-14(6-4-13)11(15)10-2-7-20(18,19)8-10/h9-10H,2-8H2,1H3,(H,16,17). The first-order valence-electron chi connectivity index (χ1n) is 6.76. The van der Waals surface area contributed by atoms with Gasteiger partial charge in [-0.25, -0.2) is 8.42 Å². The molecule has 0 aromatic carbocycles. The molecule has 8 heteroatoms. The van der Waals surface area contributed by atoms with Crippen LogP contribution in [0.2, 0.25) is 0 Å². The van der Waals surface area contributed by atoms with Gasteiger partial charge in [-0.05, 0) is 13.3 Å². The lowest BCUT2D eigenvalue weighted by atomic mass is 10.1. The highest BCUT2D eigenvalue weighted by molar-refractivity contribution is 7.91. The van der Waals surface area contributed by atoms with Gasteiger partial charge in [0.25, 0.3) is 0 Å². The van der Waals surface area contributed by atoms with Crippen LogP contribution < -0.4 is 0 Å². The van der Waals surface area contributed by atoms with Crippen molar-refractivity contribution < 1.29 is 23.1 Å². The summed E-state index contributed by atoms with van der Waals surface area (Å²) in [7, 11) is -3.05. The number of hydrogen-bond acceptors (Lipinski definition) is 5. The summed E-state index contributed by atoms with van der Waals surface area (Å²) in [6, 6.07) is -0.556. The fourth-order valence-corrected chi connectivity index (χ4v) is 4.47. The molecule has 2 atom stereocenters. The van der Waals surface area contributed by atoms with Gasteiger partial charge in [-0.3, -0.25) is 14.5 Å². The lowest BCUT2D eigenvalue weighted by molar-refractivity contribution is -0.144. The lowest BCUT2D eigenvalue weighted by Crippen LogP contribution is -2.54. The van der Waals surface area contributed by atoms with Gasteiger partial charge in [0.05, 0.1) is 17.4 Å². The Morgan fingerprint density at radius 2 is 1.80 bits per heavy atom. The van der Waals surface area contributed by atoms with Gasteiger partial charge in [-0.2, -0.15) is 0 Å². The van der Waals surface area contributed by atoms with Crippen LogP contribution in [-0.2, 0) is 19.4 Å². The number of carbonyl (C=O) groups excluding carboxylic acids is 1. The molecular formula is C12H20N2O5S. The molecule has 2 unspecified atom stereocenters. The van der Waals surface area contributed by atoms with Crippen molar-refractivity contribution in [1.82, 2.24) is 9.80 Å². The Hall–Kier alpha value is -1.15. The van der Waals surface area contributed by atoms with Gasteiger partial charge < -0.3 is 10.0 Å². The van der Waals surface area contributed by atoms with Gasteiger partial charge in [0.1, 0.15) is 6.04 Å². The Balaban J connectivity index is 1.88. The van der Waals surface area contributed by atoms with E-state index >= 15 is 0 Å². The number of sulfone groups is 1. The van der Waals surface area contributed by atoms with Gasteiger partial charge in [-0.1, -0.05) is 0 Å². The molecule has 0 radical (unpaired) electrons. The second-order valence-electron chi connectivity index (χ2n) is 5.48. The van der Waals surface area contributed by atoms with E-state index in [1.165, 1.54) is 0 Å². The molecule has 1 N–H and O–H groups in total. The van der Waals surface area contributed by atoms with Gasteiger partial charge in [0, 0.05) is 26.2 Å². The quantitative estimate of drug-likeness (QED) is 0.721. The lowest BCUT2D eigenvalue weighted by Gasteiger charge is -2.37. The molecule has 0 spiro atoms. The molecule has 2 fully saturated rings. The SMILES string of the molecule is CC(C(=O)O)N1CCN(C(=O)C2CCS(=O)(=O)C2)CC1. The van der Waals surface area contributed by atoms with Gasteiger partial charge in [0.15, 0.2) is 9.84 Å². The number of amides is 1. The number of hydrogen-bond donors (Lipinski definition) is 1. The highest BCUT2D eigenvalue weighted by atomic mass is 32.2. The minimum atomic E-state index is -3.05. The zero-order chi connectivity index (χ0) is 14.9. The molecule has 0 saturated carbocycles. The Bertz CT molecular complexity index is 496. The van der Waals surface area contributed by atoms with Crippen molar-refractivity contribution in [3.8, 4) is 0 Å². The van der Waals surface area contributed by atoms with Crippen LogP contribution in [0.1, 0.15) is 13.3 Å². The summed E-state index contributed by atoms with van der Waals surface area (Å²) >= 11 is 0. The summed E-state index contributed by atoms with van der Waals surface area (Å²) < 4.78 is 22.8. The molecule has 2 saturated heterocycles. The molecule has 2 rings (SSSR count). The molecule has 0 aromatic heterocycles. The number of carboxylic acid groups (broad SMARTS) is 1. The minimum absolute atomic E-state index is 0.0441. The van der Waals surface area contributed by atoms with Crippen molar-refractivity contribution in [3.05, 3.63) is 0 Å². The van der Waals surface area contributed by atoms with Crippen LogP contribution in [0.25, 0.3) is 0 Å². The van der Waals surface area contributed by atoms with Crippen molar-refractivity contribution in [1.29, 1.82) is 0 Å². The number of rotatable bonds is 3. The number of nitrogens with zero attached hydrogens (tertiary/aromatic N) is 2. The molecule has 2 aliphatic rings. The summed E-state index contributed by atoms with van der Waals surface area (Å²) in [5, 5.41) is 8.95. The Labute approximate surface area is 118 Å². The molecule has 20 heavy (non-hydrogen) atoms. The number of piperazine rings is 1. The average Bonchev–Trinajstić information content (AvgIpc) is 2.77. The van der Waals surface area contributed by atoms with Crippen LogP contribution in [0.3, 0.4) is 0 Å². The predicted molar refractivity (Wildman–Crippen MR) is 72.0 cm³/mol. The van der Waals surface area contributed by atoms with E-state index in [-0.39, 0.29) is 17.4 Å². The number of carbonyl (C=O) groups is 2. The van der Waals surface area contributed by atoms with Gasteiger partial charge in [0.2, 0.25) is 5.91 Å².